The van der Waals surface area contributed by atoms with E-state index in [4.69, 9.17) is 0 Å². The van der Waals surface area contributed by atoms with Gasteiger partial charge in [-0.05, 0) is 6.42 Å². The third-order valence-electron chi connectivity index (χ3n) is 4.38. The number of aromatic nitrogens is 7. The Hall–Kier alpha value is -3.04. The summed E-state index contributed by atoms with van der Waals surface area (Å²) in [5.41, 5.74) is 1.51. The van der Waals surface area contributed by atoms with Gasteiger partial charge in [0.1, 0.15) is 24.5 Å². The number of imidazole rings is 1. The molecule has 1 aliphatic rings. The van der Waals surface area contributed by atoms with E-state index in [-0.39, 0.29) is 5.91 Å². The van der Waals surface area contributed by atoms with Crippen molar-refractivity contribution in [1.82, 2.24) is 39.6 Å². The summed E-state index contributed by atoms with van der Waals surface area (Å²) in [5, 5.41) is 4.04. The first-order chi connectivity index (χ1) is 12.3. The van der Waals surface area contributed by atoms with Crippen LogP contribution in [0, 0.1) is 0 Å². The number of carbonyl (C=O) groups excluding carboxylic acids is 1. The van der Waals surface area contributed by atoms with Crippen LogP contribution in [-0.2, 0) is 11.3 Å². The molecule has 1 amide bonds. The van der Waals surface area contributed by atoms with Crippen molar-refractivity contribution in [3.8, 4) is 0 Å². The minimum Gasteiger partial charge on any atom is -0.351 e. The van der Waals surface area contributed by atoms with Gasteiger partial charge in [-0.2, -0.15) is 5.10 Å². The molecule has 10 heteroatoms. The predicted molar refractivity (Wildman–Crippen MR) is 89.7 cm³/mol. The van der Waals surface area contributed by atoms with E-state index < -0.39 is 0 Å². The SMILES string of the molecule is O=C(CCCn1cncn1)N1CCN(c2ncnc3nc[nH]c23)CC1. The Morgan fingerprint density at radius 3 is 2.80 bits per heavy atom. The molecule has 0 spiro atoms. The summed E-state index contributed by atoms with van der Waals surface area (Å²) < 4.78 is 1.75. The van der Waals surface area contributed by atoms with E-state index in [9.17, 15) is 4.79 Å². The largest absolute Gasteiger partial charge is 0.351 e. The second-order valence-electron chi connectivity index (χ2n) is 5.93. The average molecular weight is 341 g/mol. The van der Waals surface area contributed by atoms with Gasteiger partial charge < -0.3 is 14.8 Å². The summed E-state index contributed by atoms with van der Waals surface area (Å²) in [6.45, 7) is 3.61. The molecule has 4 rings (SSSR count). The predicted octanol–water partition coefficient (Wildman–Crippen LogP) is 0.0734. The Balaban J connectivity index is 1.30. The van der Waals surface area contributed by atoms with Gasteiger partial charge in [0.25, 0.3) is 0 Å². The van der Waals surface area contributed by atoms with E-state index in [0.717, 1.165) is 30.8 Å². The summed E-state index contributed by atoms with van der Waals surface area (Å²) in [6.07, 6.45) is 7.62. The van der Waals surface area contributed by atoms with Crippen molar-refractivity contribution in [1.29, 1.82) is 0 Å². The van der Waals surface area contributed by atoms with Crippen LogP contribution in [0.15, 0.2) is 25.3 Å². The molecule has 1 fully saturated rings. The molecule has 1 saturated heterocycles. The van der Waals surface area contributed by atoms with E-state index in [1.54, 1.807) is 17.3 Å². The molecule has 0 atom stereocenters. The zero-order valence-corrected chi connectivity index (χ0v) is 13.7. The van der Waals surface area contributed by atoms with Gasteiger partial charge in [0, 0.05) is 39.1 Å². The summed E-state index contributed by atoms with van der Waals surface area (Å²) in [4.78, 5) is 36.1. The molecular formula is C15H19N9O. The number of hydrogen-bond donors (Lipinski definition) is 1. The van der Waals surface area contributed by atoms with Crippen molar-refractivity contribution in [3.05, 3.63) is 25.3 Å². The molecule has 3 aromatic heterocycles. The first-order valence-corrected chi connectivity index (χ1v) is 8.30. The molecule has 4 heterocycles. The van der Waals surface area contributed by atoms with E-state index in [2.05, 4.69) is 34.9 Å². The molecule has 0 aromatic carbocycles. The number of carbonyl (C=O) groups is 1. The van der Waals surface area contributed by atoms with Crippen LogP contribution >= 0.6 is 0 Å². The van der Waals surface area contributed by atoms with Gasteiger partial charge in [-0.1, -0.05) is 0 Å². The lowest BCUT2D eigenvalue weighted by Gasteiger charge is -2.35. The van der Waals surface area contributed by atoms with Crippen LogP contribution in [-0.4, -0.2) is 71.7 Å². The highest BCUT2D eigenvalue weighted by atomic mass is 16.2. The lowest BCUT2D eigenvalue weighted by Crippen LogP contribution is -2.49. The number of fused-ring (bicyclic) bond motifs is 1. The molecule has 1 aliphatic heterocycles. The Morgan fingerprint density at radius 1 is 1.12 bits per heavy atom. The maximum absolute atomic E-state index is 12.4. The molecule has 10 nitrogen and oxygen atoms in total. The normalized spacial score (nSPS) is 15.0. The van der Waals surface area contributed by atoms with Gasteiger partial charge in [-0.15, -0.1) is 0 Å². The van der Waals surface area contributed by atoms with Crippen molar-refractivity contribution in [2.45, 2.75) is 19.4 Å². The maximum atomic E-state index is 12.4. The van der Waals surface area contributed by atoms with Crippen molar-refractivity contribution in [2.75, 3.05) is 31.1 Å². The minimum atomic E-state index is 0.189. The molecule has 130 valence electrons. The minimum absolute atomic E-state index is 0.189. The Labute approximate surface area is 143 Å². The molecule has 0 bridgehead atoms. The lowest BCUT2D eigenvalue weighted by atomic mass is 10.2. The maximum Gasteiger partial charge on any atom is 0.222 e. The molecule has 3 aromatic rings. The summed E-state index contributed by atoms with van der Waals surface area (Å²) in [6, 6.07) is 0. The second kappa shape index (κ2) is 6.83. The third kappa shape index (κ3) is 3.28. The number of aromatic amines is 1. The van der Waals surface area contributed by atoms with Gasteiger partial charge in [-0.3, -0.25) is 9.48 Å². The molecule has 0 aliphatic carbocycles. The van der Waals surface area contributed by atoms with E-state index in [1.807, 2.05) is 4.90 Å². The number of piperazine rings is 1. The highest BCUT2D eigenvalue weighted by molar-refractivity contribution is 5.83. The molecule has 0 unspecified atom stereocenters. The number of rotatable bonds is 5. The van der Waals surface area contributed by atoms with Gasteiger partial charge in [0.05, 0.1) is 6.33 Å². The topological polar surface area (TPSA) is 109 Å². The number of nitrogens with one attached hydrogen (secondary N) is 1. The van der Waals surface area contributed by atoms with Crippen LogP contribution in [0.5, 0.6) is 0 Å². The summed E-state index contributed by atoms with van der Waals surface area (Å²) >= 11 is 0. The fourth-order valence-corrected chi connectivity index (χ4v) is 3.06. The number of hydrogen-bond acceptors (Lipinski definition) is 7. The summed E-state index contributed by atoms with van der Waals surface area (Å²) in [7, 11) is 0. The number of anilines is 1. The Bertz CT molecular complexity index is 836. The van der Waals surface area contributed by atoms with Crippen molar-refractivity contribution in [2.24, 2.45) is 0 Å². The Morgan fingerprint density at radius 2 is 2.00 bits per heavy atom. The standard InChI is InChI=1S/C15H19N9O/c25-12(2-1-3-24-11-16-8-21-24)22-4-6-23(7-5-22)15-13-14(18-9-17-13)19-10-20-15/h8-11H,1-7H2,(H,17,18,19,20). The van der Waals surface area contributed by atoms with Crippen molar-refractivity contribution < 1.29 is 4.79 Å². The molecule has 25 heavy (non-hydrogen) atoms. The van der Waals surface area contributed by atoms with Crippen LogP contribution in [0.1, 0.15) is 12.8 Å². The molecule has 0 saturated carbocycles. The zero-order chi connectivity index (χ0) is 17.1. The van der Waals surface area contributed by atoms with E-state index in [0.29, 0.717) is 31.7 Å². The highest BCUT2D eigenvalue weighted by Crippen LogP contribution is 2.21. The second-order valence-corrected chi connectivity index (χ2v) is 5.93. The molecule has 0 radical (unpaired) electrons. The Kier molecular flexibility index (Phi) is 4.23. The smallest absolute Gasteiger partial charge is 0.222 e. The van der Waals surface area contributed by atoms with Gasteiger partial charge in [0.2, 0.25) is 5.91 Å². The quantitative estimate of drug-likeness (QED) is 0.699. The first kappa shape index (κ1) is 15.5. The number of amides is 1. The monoisotopic (exact) mass is 341 g/mol. The van der Waals surface area contributed by atoms with Crippen LogP contribution in [0.25, 0.3) is 11.2 Å². The fourth-order valence-electron chi connectivity index (χ4n) is 3.06. The van der Waals surface area contributed by atoms with Crippen LogP contribution in [0.3, 0.4) is 0 Å². The van der Waals surface area contributed by atoms with Crippen molar-refractivity contribution in [3.63, 3.8) is 0 Å². The van der Waals surface area contributed by atoms with Gasteiger partial charge in [0.15, 0.2) is 11.5 Å². The van der Waals surface area contributed by atoms with E-state index >= 15 is 0 Å². The summed E-state index contributed by atoms with van der Waals surface area (Å²) in [5.74, 6) is 1.04. The fraction of sp³-hybridized carbons (Fsp3) is 0.467. The van der Waals surface area contributed by atoms with Gasteiger partial charge in [-0.25, -0.2) is 19.9 Å². The van der Waals surface area contributed by atoms with Crippen LogP contribution in [0.4, 0.5) is 5.82 Å². The van der Waals surface area contributed by atoms with E-state index in [1.165, 1.54) is 12.7 Å². The van der Waals surface area contributed by atoms with Gasteiger partial charge >= 0.3 is 0 Å². The van der Waals surface area contributed by atoms with Crippen LogP contribution < -0.4 is 4.90 Å². The zero-order valence-electron chi connectivity index (χ0n) is 13.7. The number of H-pyrrole nitrogens is 1. The molecular weight excluding hydrogens is 322 g/mol. The molecule has 1 N–H and O–H groups in total. The number of nitrogens with zero attached hydrogens (tertiary/aromatic N) is 8. The highest BCUT2D eigenvalue weighted by Gasteiger charge is 2.23. The lowest BCUT2D eigenvalue weighted by molar-refractivity contribution is -0.131. The third-order valence-corrected chi connectivity index (χ3v) is 4.38. The first-order valence-electron chi connectivity index (χ1n) is 8.30. The number of aryl methyl sites for hydroxylation is 1. The average Bonchev–Trinajstić information content (AvgIpc) is 3.33. The van der Waals surface area contributed by atoms with Crippen molar-refractivity contribution >= 4 is 22.9 Å². The van der Waals surface area contributed by atoms with Crippen LogP contribution in [0.2, 0.25) is 0 Å².